The normalized spacial score (nSPS) is 15.1. The van der Waals surface area contributed by atoms with E-state index in [9.17, 15) is 0 Å². The molecule has 0 radical (unpaired) electrons. The van der Waals surface area contributed by atoms with E-state index in [1.807, 2.05) is 13.8 Å². The Labute approximate surface area is 123 Å². The molecule has 0 atom stereocenters. The highest BCUT2D eigenvalue weighted by atomic mass is 15.1. The number of benzene rings is 1. The van der Waals surface area contributed by atoms with Crippen LogP contribution in [0.2, 0.25) is 0 Å². The first-order valence-corrected chi connectivity index (χ1v) is 8.00. The van der Waals surface area contributed by atoms with E-state index in [0.717, 1.165) is 6.42 Å². The topological polar surface area (TPSA) is 17.8 Å². The van der Waals surface area contributed by atoms with Gasteiger partial charge >= 0.3 is 0 Å². The second kappa shape index (κ2) is 5.59. The molecule has 0 saturated heterocycles. The zero-order chi connectivity index (χ0) is 14.9. The highest BCUT2D eigenvalue weighted by Crippen LogP contribution is 2.40. The highest BCUT2D eigenvalue weighted by Gasteiger charge is 2.29. The van der Waals surface area contributed by atoms with Crippen molar-refractivity contribution in [3.8, 4) is 0 Å². The molecule has 1 aliphatic carbocycles. The predicted octanol–water partition coefficient (Wildman–Crippen LogP) is 5.16. The fourth-order valence-corrected chi connectivity index (χ4v) is 2.55. The molecule has 1 aromatic heterocycles. The van der Waals surface area contributed by atoms with Crippen LogP contribution in [0.15, 0.2) is 18.2 Å². The Kier molecular flexibility index (Phi) is 4.22. The molecule has 0 N–H and O–H groups in total. The summed E-state index contributed by atoms with van der Waals surface area (Å²) in [5.41, 5.74) is 4.08. The van der Waals surface area contributed by atoms with Crippen molar-refractivity contribution >= 4 is 11.0 Å². The zero-order valence-electron chi connectivity index (χ0n) is 13.8. The first-order chi connectivity index (χ1) is 9.53. The Hall–Kier alpha value is -1.31. The summed E-state index contributed by atoms with van der Waals surface area (Å²) in [4.78, 5) is 4.85. The van der Waals surface area contributed by atoms with Crippen LogP contribution in [0.1, 0.15) is 71.2 Å². The molecule has 1 aromatic carbocycles. The van der Waals surface area contributed by atoms with Gasteiger partial charge in [0, 0.05) is 13.0 Å². The summed E-state index contributed by atoms with van der Waals surface area (Å²) in [5.74, 6) is 1.99. The van der Waals surface area contributed by atoms with Crippen LogP contribution in [-0.2, 0) is 12.5 Å². The van der Waals surface area contributed by atoms with Gasteiger partial charge in [-0.3, -0.25) is 0 Å². The molecule has 1 saturated carbocycles. The summed E-state index contributed by atoms with van der Waals surface area (Å²) < 4.78 is 2.27. The molecule has 0 bridgehead atoms. The third kappa shape index (κ3) is 2.61. The van der Waals surface area contributed by atoms with Gasteiger partial charge in [-0.15, -0.1) is 0 Å². The molecule has 0 aliphatic heterocycles. The van der Waals surface area contributed by atoms with Crippen LogP contribution in [-0.4, -0.2) is 9.55 Å². The Bertz CT molecular complexity index is 589. The monoisotopic (exact) mass is 272 g/mol. The quantitative estimate of drug-likeness (QED) is 0.754. The molecule has 110 valence electrons. The van der Waals surface area contributed by atoms with Crippen LogP contribution < -0.4 is 0 Å². The van der Waals surface area contributed by atoms with Crippen molar-refractivity contribution in [2.75, 3.05) is 0 Å². The van der Waals surface area contributed by atoms with E-state index in [0.29, 0.717) is 5.92 Å². The van der Waals surface area contributed by atoms with Crippen molar-refractivity contribution in [1.29, 1.82) is 0 Å². The molecular formula is C18H28N2. The standard InChI is InChI=1S/C16H22N2.C2H6/c1-5-16(2,3)12-8-9-14-13(10-12)17-15(18(14)4)11-6-7-11;1-2/h8-11H,5-7H2,1-4H3;1-2H3. The number of aryl methyl sites for hydroxylation is 1. The molecule has 2 nitrogen and oxygen atoms in total. The molecule has 0 amide bonds. The molecule has 0 unspecified atom stereocenters. The molecule has 1 aliphatic rings. The van der Waals surface area contributed by atoms with Crippen molar-refractivity contribution in [2.45, 2.75) is 65.2 Å². The Balaban J connectivity index is 0.000000704. The summed E-state index contributed by atoms with van der Waals surface area (Å²) in [6.07, 6.45) is 3.77. The highest BCUT2D eigenvalue weighted by molar-refractivity contribution is 5.77. The molecule has 1 heterocycles. The van der Waals surface area contributed by atoms with Crippen LogP contribution in [0, 0.1) is 0 Å². The second-order valence-electron chi connectivity index (χ2n) is 6.24. The first-order valence-electron chi connectivity index (χ1n) is 8.00. The third-order valence-corrected chi connectivity index (χ3v) is 4.52. The van der Waals surface area contributed by atoms with Gasteiger partial charge < -0.3 is 4.57 Å². The number of hydrogen-bond acceptors (Lipinski definition) is 1. The van der Waals surface area contributed by atoms with Crippen molar-refractivity contribution in [1.82, 2.24) is 9.55 Å². The van der Waals surface area contributed by atoms with Gasteiger partial charge in [0.05, 0.1) is 11.0 Å². The van der Waals surface area contributed by atoms with E-state index in [-0.39, 0.29) is 5.41 Å². The number of aromatic nitrogens is 2. The van der Waals surface area contributed by atoms with Crippen molar-refractivity contribution in [3.05, 3.63) is 29.6 Å². The molecule has 2 heteroatoms. The Morgan fingerprint density at radius 1 is 1.25 bits per heavy atom. The van der Waals surface area contributed by atoms with Gasteiger partial charge in [-0.25, -0.2) is 4.98 Å². The number of nitrogens with zero attached hydrogens (tertiary/aromatic N) is 2. The summed E-state index contributed by atoms with van der Waals surface area (Å²) in [6, 6.07) is 6.79. The summed E-state index contributed by atoms with van der Waals surface area (Å²) in [7, 11) is 2.15. The predicted molar refractivity (Wildman–Crippen MR) is 87.4 cm³/mol. The lowest BCUT2D eigenvalue weighted by Crippen LogP contribution is -2.15. The van der Waals surface area contributed by atoms with Gasteiger partial charge in [-0.2, -0.15) is 0 Å². The minimum Gasteiger partial charge on any atom is -0.331 e. The van der Waals surface area contributed by atoms with E-state index in [1.54, 1.807) is 0 Å². The van der Waals surface area contributed by atoms with Gasteiger partial charge in [-0.05, 0) is 42.4 Å². The number of fused-ring (bicyclic) bond motifs is 1. The van der Waals surface area contributed by atoms with Gasteiger partial charge in [0.2, 0.25) is 0 Å². The van der Waals surface area contributed by atoms with Crippen LogP contribution >= 0.6 is 0 Å². The molecule has 0 spiro atoms. The lowest BCUT2D eigenvalue weighted by atomic mass is 9.82. The Morgan fingerprint density at radius 3 is 2.45 bits per heavy atom. The number of rotatable bonds is 3. The maximum absolute atomic E-state index is 4.85. The fourth-order valence-electron chi connectivity index (χ4n) is 2.55. The summed E-state index contributed by atoms with van der Waals surface area (Å²) >= 11 is 0. The molecule has 3 rings (SSSR count). The summed E-state index contributed by atoms with van der Waals surface area (Å²) in [5, 5.41) is 0. The van der Waals surface area contributed by atoms with E-state index in [2.05, 4.69) is 50.6 Å². The van der Waals surface area contributed by atoms with E-state index < -0.39 is 0 Å². The number of imidazole rings is 1. The smallest absolute Gasteiger partial charge is 0.112 e. The largest absolute Gasteiger partial charge is 0.331 e. The maximum atomic E-state index is 4.85. The average molecular weight is 272 g/mol. The van der Waals surface area contributed by atoms with E-state index in [1.165, 1.54) is 35.3 Å². The second-order valence-corrected chi connectivity index (χ2v) is 6.24. The number of hydrogen-bond donors (Lipinski definition) is 0. The third-order valence-electron chi connectivity index (χ3n) is 4.52. The van der Waals surface area contributed by atoms with Crippen molar-refractivity contribution in [2.24, 2.45) is 7.05 Å². The first kappa shape index (κ1) is 15.1. The SMILES string of the molecule is CC.CCC(C)(C)c1ccc2c(c1)nc(C1CC1)n2C. The van der Waals surface area contributed by atoms with E-state index in [4.69, 9.17) is 4.98 Å². The van der Waals surface area contributed by atoms with Crippen LogP contribution in [0.5, 0.6) is 0 Å². The maximum Gasteiger partial charge on any atom is 0.112 e. The fraction of sp³-hybridized carbons (Fsp3) is 0.611. The van der Waals surface area contributed by atoms with Crippen LogP contribution in [0.3, 0.4) is 0 Å². The zero-order valence-corrected chi connectivity index (χ0v) is 13.8. The van der Waals surface area contributed by atoms with Gasteiger partial charge in [0.1, 0.15) is 5.82 Å². The molecule has 1 fully saturated rings. The minimum absolute atomic E-state index is 0.242. The molecular weight excluding hydrogens is 244 g/mol. The van der Waals surface area contributed by atoms with Crippen molar-refractivity contribution in [3.63, 3.8) is 0 Å². The Morgan fingerprint density at radius 2 is 1.90 bits per heavy atom. The molecule has 20 heavy (non-hydrogen) atoms. The molecule has 2 aromatic rings. The summed E-state index contributed by atoms with van der Waals surface area (Å²) in [6.45, 7) is 10.9. The van der Waals surface area contributed by atoms with Gasteiger partial charge in [0.15, 0.2) is 0 Å². The lowest BCUT2D eigenvalue weighted by Gasteiger charge is -2.23. The van der Waals surface area contributed by atoms with Gasteiger partial charge in [0.25, 0.3) is 0 Å². The lowest BCUT2D eigenvalue weighted by molar-refractivity contribution is 0.507. The van der Waals surface area contributed by atoms with E-state index >= 15 is 0 Å². The van der Waals surface area contributed by atoms with Gasteiger partial charge in [-0.1, -0.05) is 40.7 Å². The minimum atomic E-state index is 0.242. The van der Waals surface area contributed by atoms with Crippen molar-refractivity contribution < 1.29 is 0 Å². The average Bonchev–Trinajstić information content (AvgIpc) is 3.26. The van der Waals surface area contributed by atoms with Crippen LogP contribution in [0.25, 0.3) is 11.0 Å². The van der Waals surface area contributed by atoms with Crippen LogP contribution in [0.4, 0.5) is 0 Å².